The van der Waals surface area contributed by atoms with Crippen LogP contribution in [0.25, 0.3) is 22.8 Å². The van der Waals surface area contributed by atoms with Crippen LogP contribution in [0.2, 0.25) is 5.02 Å². The molecule has 0 spiro atoms. The molecule has 2 heterocycles. The van der Waals surface area contributed by atoms with Gasteiger partial charge in [0, 0.05) is 24.2 Å². The Morgan fingerprint density at radius 3 is 2.85 bits per heavy atom. The van der Waals surface area contributed by atoms with E-state index in [1.54, 1.807) is 18.2 Å². The second kappa shape index (κ2) is 9.61. The maximum Gasteiger partial charge on any atom is 0.307 e. The van der Waals surface area contributed by atoms with Crippen molar-refractivity contribution in [3.8, 4) is 34.7 Å². The molecule has 4 rings (SSSR count). The van der Waals surface area contributed by atoms with Gasteiger partial charge >= 0.3 is 5.97 Å². The summed E-state index contributed by atoms with van der Waals surface area (Å²) < 4.78 is 11.1. The van der Waals surface area contributed by atoms with Gasteiger partial charge in [0.05, 0.1) is 22.6 Å². The first-order chi connectivity index (χ1) is 15.8. The molecular formula is C24H23ClN4O4. The summed E-state index contributed by atoms with van der Waals surface area (Å²) in [7, 11) is 0. The zero-order valence-corrected chi connectivity index (χ0v) is 19.0. The molecule has 170 valence electrons. The van der Waals surface area contributed by atoms with Crippen LogP contribution >= 0.6 is 11.6 Å². The summed E-state index contributed by atoms with van der Waals surface area (Å²) in [5.74, 6) is 0.0549. The van der Waals surface area contributed by atoms with Crippen molar-refractivity contribution in [1.29, 1.82) is 5.26 Å². The van der Waals surface area contributed by atoms with Crippen LogP contribution < -0.4 is 4.74 Å². The van der Waals surface area contributed by atoms with Gasteiger partial charge in [-0.25, -0.2) is 0 Å². The van der Waals surface area contributed by atoms with E-state index < -0.39 is 5.97 Å². The van der Waals surface area contributed by atoms with Crippen LogP contribution in [0.3, 0.4) is 0 Å². The highest BCUT2D eigenvalue weighted by atomic mass is 35.5. The lowest BCUT2D eigenvalue weighted by molar-refractivity contribution is -0.141. The average Bonchev–Trinajstić information content (AvgIpc) is 3.44. The second-order valence-electron chi connectivity index (χ2n) is 8.29. The normalized spacial score (nSPS) is 16.2. The fourth-order valence-electron chi connectivity index (χ4n) is 3.83. The van der Waals surface area contributed by atoms with Gasteiger partial charge in [0.25, 0.3) is 5.89 Å². The van der Waals surface area contributed by atoms with E-state index in [2.05, 4.69) is 21.1 Å². The number of likely N-dealkylation sites (tertiary alicyclic amines) is 1. The summed E-state index contributed by atoms with van der Waals surface area (Å²) in [6, 6.07) is 12.9. The molecule has 0 aliphatic carbocycles. The third-order valence-corrected chi connectivity index (χ3v) is 5.75. The molecule has 1 fully saturated rings. The highest BCUT2D eigenvalue weighted by Crippen LogP contribution is 2.31. The largest absolute Gasteiger partial charge is 0.490 e. The summed E-state index contributed by atoms with van der Waals surface area (Å²) in [6.07, 6.45) is 0.609. The molecule has 1 aliphatic rings. The number of aromatic nitrogens is 2. The predicted molar refractivity (Wildman–Crippen MR) is 122 cm³/mol. The first-order valence-electron chi connectivity index (χ1n) is 10.6. The Morgan fingerprint density at radius 2 is 2.18 bits per heavy atom. The minimum absolute atomic E-state index is 0.0489. The molecular weight excluding hydrogens is 444 g/mol. The van der Waals surface area contributed by atoms with Crippen LogP contribution in [0, 0.1) is 17.2 Å². The fourth-order valence-corrected chi connectivity index (χ4v) is 4.12. The predicted octanol–water partition coefficient (Wildman–Crippen LogP) is 4.62. The maximum atomic E-state index is 11.2. The van der Waals surface area contributed by atoms with Gasteiger partial charge in [-0.2, -0.15) is 10.2 Å². The third kappa shape index (κ3) is 5.16. The lowest BCUT2D eigenvalue weighted by Gasteiger charge is -2.15. The molecule has 0 bridgehead atoms. The summed E-state index contributed by atoms with van der Waals surface area (Å²) in [5.41, 5.74) is 2.60. The van der Waals surface area contributed by atoms with Crippen molar-refractivity contribution in [1.82, 2.24) is 15.0 Å². The number of carboxylic acids is 1. The van der Waals surface area contributed by atoms with E-state index in [0.29, 0.717) is 52.8 Å². The number of rotatable bonds is 7. The second-order valence-corrected chi connectivity index (χ2v) is 8.69. The number of ether oxygens (including phenoxy) is 1. The number of halogens is 1. The van der Waals surface area contributed by atoms with Crippen molar-refractivity contribution in [3.05, 3.63) is 52.5 Å². The highest BCUT2D eigenvalue weighted by Gasteiger charge is 2.28. The zero-order chi connectivity index (χ0) is 23.5. The Balaban J connectivity index is 1.51. The van der Waals surface area contributed by atoms with Crippen LogP contribution in [0.5, 0.6) is 5.75 Å². The van der Waals surface area contributed by atoms with Gasteiger partial charge in [0.15, 0.2) is 0 Å². The molecule has 0 saturated carbocycles. The lowest BCUT2D eigenvalue weighted by atomic mass is 10.1. The average molecular weight is 467 g/mol. The minimum Gasteiger partial charge on any atom is -0.490 e. The van der Waals surface area contributed by atoms with Crippen molar-refractivity contribution in [2.24, 2.45) is 5.92 Å². The van der Waals surface area contributed by atoms with Gasteiger partial charge in [0.1, 0.15) is 11.8 Å². The first-order valence-corrected chi connectivity index (χ1v) is 11.0. The van der Waals surface area contributed by atoms with Crippen LogP contribution in [0.15, 0.2) is 40.9 Å². The fraction of sp³-hybridized carbons (Fsp3) is 0.333. The Kier molecular flexibility index (Phi) is 6.63. The monoisotopic (exact) mass is 466 g/mol. The van der Waals surface area contributed by atoms with Crippen LogP contribution in [-0.4, -0.2) is 45.3 Å². The van der Waals surface area contributed by atoms with Crippen LogP contribution in [-0.2, 0) is 11.3 Å². The number of carbonyl (C=O) groups is 1. The highest BCUT2D eigenvalue weighted by molar-refractivity contribution is 6.33. The van der Waals surface area contributed by atoms with E-state index in [-0.39, 0.29) is 17.9 Å². The Morgan fingerprint density at radius 1 is 1.36 bits per heavy atom. The molecule has 0 radical (unpaired) electrons. The number of nitrogens with zero attached hydrogens (tertiary/aromatic N) is 4. The summed E-state index contributed by atoms with van der Waals surface area (Å²) in [4.78, 5) is 17.7. The number of benzene rings is 2. The Hall–Kier alpha value is -3.41. The number of hydrogen-bond donors (Lipinski definition) is 1. The van der Waals surface area contributed by atoms with Crippen LogP contribution in [0.4, 0.5) is 0 Å². The van der Waals surface area contributed by atoms with Gasteiger partial charge in [-0.3, -0.25) is 9.69 Å². The van der Waals surface area contributed by atoms with E-state index in [1.807, 2.05) is 32.0 Å². The standard InChI is InChI=1S/C24H23ClN4O4/c1-14(2)32-21-6-4-16(10-18(21)11-26)23-27-22(28-33-23)19-5-3-15(9-20(19)25)12-29-8-7-17(13-29)24(30)31/h3-6,9-10,14,17H,7-8,12-13H2,1-2H3,(H,30,31). The van der Waals surface area contributed by atoms with Gasteiger partial charge in [-0.15, -0.1) is 0 Å². The third-order valence-electron chi connectivity index (χ3n) is 5.44. The van der Waals surface area contributed by atoms with Gasteiger partial charge in [-0.1, -0.05) is 22.8 Å². The zero-order valence-electron chi connectivity index (χ0n) is 18.3. The number of aliphatic carboxylic acids is 1. The minimum atomic E-state index is -0.747. The van der Waals surface area contributed by atoms with E-state index >= 15 is 0 Å². The van der Waals surface area contributed by atoms with Gasteiger partial charge in [0.2, 0.25) is 5.82 Å². The van der Waals surface area contributed by atoms with E-state index in [0.717, 1.165) is 12.1 Å². The van der Waals surface area contributed by atoms with Crippen molar-refractivity contribution < 1.29 is 19.2 Å². The number of hydrogen-bond acceptors (Lipinski definition) is 7. The molecule has 33 heavy (non-hydrogen) atoms. The SMILES string of the molecule is CC(C)Oc1ccc(-c2nc(-c3ccc(CN4CCC(C(=O)O)C4)cc3Cl)no2)cc1C#N. The molecule has 1 aromatic heterocycles. The first kappa shape index (κ1) is 22.8. The van der Waals surface area contributed by atoms with E-state index in [9.17, 15) is 15.2 Å². The number of nitriles is 1. The van der Waals surface area contributed by atoms with Crippen molar-refractivity contribution in [3.63, 3.8) is 0 Å². The molecule has 3 aromatic rings. The quantitative estimate of drug-likeness (QED) is 0.536. The smallest absolute Gasteiger partial charge is 0.307 e. The molecule has 0 amide bonds. The van der Waals surface area contributed by atoms with Gasteiger partial charge < -0.3 is 14.4 Å². The van der Waals surface area contributed by atoms with Crippen molar-refractivity contribution in [2.75, 3.05) is 13.1 Å². The molecule has 2 aromatic carbocycles. The molecule has 1 aliphatic heterocycles. The Labute approximate surface area is 196 Å². The van der Waals surface area contributed by atoms with Gasteiger partial charge in [-0.05, 0) is 62.7 Å². The summed E-state index contributed by atoms with van der Waals surface area (Å²) >= 11 is 6.51. The molecule has 9 heteroatoms. The topological polar surface area (TPSA) is 112 Å². The Bertz CT molecular complexity index is 1220. The van der Waals surface area contributed by atoms with E-state index in [4.69, 9.17) is 20.9 Å². The maximum absolute atomic E-state index is 11.2. The molecule has 1 atom stereocenters. The van der Waals surface area contributed by atoms with Crippen molar-refractivity contribution in [2.45, 2.75) is 32.9 Å². The molecule has 1 unspecified atom stereocenters. The van der Waals surface area contributed by atoms with Crippen molar-refractivity contribution >= 4 is 17.6 Å². The summed E-state index contributed by atoms with van der Waals surface area (Å²) in [5, 5.41) is 23.1. The molecule has 1 saturated heterocycles. The molecule has 8 nitrogen and oxygen atoms in total. The summed E-state index contributed by atoms with van der Waals surface area (Å²) in [6.45, 7) is 5.70. The molecule has 1 N–H and O–H groups in total. The van der Waals surface area contributed by atoms with Crippen LogP contribution in [0.1, 0.15) is 31.4 Å². The van der Waals surface area contributed by atoms with E-state index in [1.165, 1.54) is 0 Å². The number of carboxylic acid groups (broad SMARTS) is 1. The lowest BCUT2D eigenvalue weighted by Crippen LogP contribution is -2.22.